The average molecular weight is 706 g/mol. The van der Waals surface area contributed by atoms with E-state index in [0.29, 0.717) is 17.6 Å². The summed E-state index contributed by atoms with van der Waals surface area (Å²) in [6.45, 7) is 0. The molecule has 10 aromatic rings. The van der Waals surface area contributed by atoms with Crippen LogP contribution in [0.1, 0.15) is 0 Å². The van der Waals surface area contributed by atoms with E-state index in [2.05, 4.69) is 134 Å². The van der Waals surface area contributed by atoms with Crippen LogP contribution >= 0.6 is 15.9 Å². The molecule has 6 aromatic carbocycles. The van der Waals surface area contributed by atoms with Gasteiger partial charge in [0, 0.05) is 51.2 Å². The summed E-state index contributed by atoms with van der Waals surface area (Å²) in [5.74, 6) is 1.70. The first-order valence-corrected chi connectivity index (χ1v) is 17.1. The SMILES string of the molecule is Brc1ccc2c3ccc(-c4cccc5c4c4ccccc4n5-c4nc(-c5ccncc5)nc(-c5ccncc5)n4)cc3c3ccccc3c2c1. The molecule has 4 heterocycles. The largest absolute Gasteiger partial charge is 0.278 e. The minimum Gasteiger partial charge on any atom is -0.278 e. The molecule has 0 aliphatic carbocycles. The predicted molar refractivity (Wildman–Crippen MR) is 206 cm³/mol. The Morgan fingerprint density at radius 1 is 0.420 bits per heavy atom. The van der Waals surface area contributed by atoms with Crippen LogP contribution in [0.5, 0.6) is 0 Å². The number of halogens is 1. The van der Waals surface area contributed by atoms with E-state index in [1.165, 1.54) is 32.3 Å². The maximum Gasteiger partial charge on any atom is 0.238 e. The topological polar surface area (TPSA) is 69.4 Å². The smallest absolute Gasteiger partial charge is 0.238 e. The van der Waals surface area contributed by atoms with Crippen molar-refractivity contribution in [1.82, 2.24) is 29.5 Å². The lowest BCUT2D eigenvalue weighted by Crippen LogP contribution is -2.06. The van der Waals surface area contributed by atoms with Crippen molar-refractivity contribution in [2.75, 3.05) is 0 Å². The molecule has 7 heteroatoms. The molecule has 0 spiro atoms. The lowest BCUT2D eigenvalue weighted by Gasteiger charge is -2.13. The average Bonchev–Trinajstić information content (AvgIpc) is 3.53. The van der Waals surface area contributed by atoms with Gasteiger partial charge in [0.25, 0.3) is 0 Å². The molecule has 0 aliphatic rings. The van der Waals surface area contributed by atoms with Gasteiger partial charge in [-0.05, 0) is 98.0 Å². The van der Waals surface area contributed by atoms with Crippen LogP contribution in [0.15, 0.2) is 157 Å². The van der Waals surface area contributed by atoms with Gasteiger partial charge in [-0.1, -0.05) is 88.7 Å². The summed E-state index contributed by atoms with van der Waals surface area (Å²) < 4.78 is 3.24. The Hall–Kier alpha value is -6.31. The van der Waals surface area contributed by atoms with Gasteiger partial charge >= 0.3 is 0 Å². The van der Waals surface area contributed by atoms with Crippen molar-refractivity contribution in [3.63, 3.8) is 0 Å². The molecule has 4 aromatic heterocycles. The standard InChI is InChI=1S/C43H25BrN6/c44-29-13-15-34-33-14-12-28(24-36(33)31-6-1-2-7-32(31)37(34)25-29)30-9-5-11-39-40(30)35-8-3-4-10-38(35)50(39)43-48-41(26-16-20-45-21-17-26)47-42(49-43)27-18-22-46-23-19-27/h1-25H. The second kappa shape index (κ2) is 11.4. The maximum absolute atomic E-state index is 5.08. The van der Waals surface area contributed by atoms with Gasteiger partial charge in [-0.2, -0.15) is 9.97 Å². The molecule has 0 saturated heterocycles. The summed E-state index contributed by atoms with van der Waals surface area (Å²) in [5.41, 5.74) is 6.07. The molecule has 0 N–H and O–H groups in total. The molecule has 0 aliphatic heterocycles. The van der Waals surface area contributed by atoms with Crippen molar-refractivity contribution in [1.29, 1.82) is 0 Å². The molecule has 6 nitrogen and oxygen atoms in total. The molecule has 0 unspecified atom stereocenters. The summed E-state index contributed by atoms with van der Waals surface area (Å²) in [6, 6.07) is 44.8. The third kappa shape index (κ3) is 4.51. The summed E-state index contributed by atoms with van der Waals surface area (Å²) in [6.07, 6.45) is 7.02. The Balaban J connectivity index is 1.25. The van der Waals surface area contributed by atoms with Gasteiger partial charge in [0.2, 0.25) is 5.95 Å². The molecule has 0 bridgehead atoms. The van der Waals surface area contributed by atoms with E-state index in [-0.39, 0.29) is 0 Å². The summed E-state index contributed by atoms with van der Waals surface area (Å²) in [4.78, 5) is 23.5. The fraction of sp³-hybridized carbons (Fsp3) is 0. The Morgan fingerprint density at radius 3 is 1.66 bits per heavy atom. The van der Waals surface area contributed by atoms with Gasteiger partial charge in [0.1, 0.15) is 0 Å². The highest BCUT2D eigenvalue weighted by Gasteiger charge is 2.20. The van der Waals surface area contributed by atoms with Crippen molar-refractivity contribution in [3.8, 4) is 39.9 Å². The number of pyridine rings is 2. The number of para-hydroxylation sites is 1. The monoisotopic (exact) mass is 704 g/mol. The van der Waals surface area contributed by atoms with E-state index in [1.54, 1.807) is 24.8 Å². The number of fused-ring (bicyclic) bond motifs is 9. The second-order valence-electron chi connectivity index (χ2n) is 12.3. The van der Waals surface area contributed by atoms with Crippen LogP contribution < -0.4 is 0 Å². The lowest BCUT2D eigenvalue weighted by molar-refractivity contribution is 0.952. The third-order valence-corrected chi connectivity index (χ3v) is 10.0. The molecule has 0 saturated carbocycles. The highest BCUT2D eigenvalue weighted by Crippen LogP contribution is 2.42. The van der Waals surface area contributed by atoms with Crippen LogP contribution in [0.2, 0.25) is 0 Å². The zero-order valence-electron chi connectivity index (χ0n) is 26.5. The van der Waals surface area contributed by atoms with Gasteiger partial charge in [0.15, 0.2) is 11.6 Å². The van der Waals surface area contributed by atoms with Crippen LogP contribution in [0, 0.1) is 0 Å². The predicted octanol–water partition coefficient (Wildman–Crippen LogP) is 11.0. The van der Waals surface area contributed by atoms with Crippen LogP contribution in [0.4, 0.5) is 0 Å². The van der Waals surface area contributed by atoms with Crippen molar-refractivity contribution in [2.24, 2.45) is 0 Å². The molecule has 234 valence electrons. The van der Waals surface area contributed by atoms with Gasteiger partial charge in [-0.25, -0.2) is 4.98 Å². The van der Waals surface area contributed by atoms with Crippen LogP contribution in [-0.2, 0) is 0 Å². The van der Waals surface area contributed by atoms with Crippen molar-refractivity contribution < 1.29 is 0 Å². The van der Waals surface area contributed by atoms with Gasteiger partial charge < -0.3 is 0 Å². The molecule has 10 rings (SSSR count). The summed E-state index contributed by atoms with van der Waals surface area (Å²) in [5, 5.41) is 9.71. The van der Waals surface area contributed by atoms with E-state index < -0.39 is 0 Å². The Labute approximate surface area is 294 Å². The Bertz CT molecular complexity index is 2860. The number of benzene rings is 6. The highest BCUT2D eigenvalue weighted by molar-refractivity contribution is 9.10. The lowest BCUT2D eigenvalue weighted by atomic mass is 9.91. The summed E-state index contributed by atoms with van der Waals surface area (Å²) in [7, 11) is 0. The van der Waals surface area contributed by atoms with Crippen LogP contribution in [0.25, 0.3) is 94.0 Å². The molecule has 0 amide bonds. The third-order valence-electron chi connectivity index (χ3n) is 9.51. The first-order chi connectivity index (χ1) is 24.7. The zero-order valence-corrected chi connectivity index (χ0v) is 28.1. The Morgan fingerprint density at radius 2 is 0.980 bits per heavy atom. The molecule has 0 atom stereocenters. The van der Waals surface area contributed by atoms with E-state index >= 15 is 0 Å². The number of hydrogen-bond donors (Lipinski definition) is 0. The van der Waals surface area contributed by atoms with E-state index in [4.69, 9.17) is 15.0 Å². The van der Waals surface area contributed by atoms with Crippen molar-refractivity contribution in [3.05, 3.63) is 157 Å². The van der Waals surface area contributed by atoms with Crippen molar-refractivity contribution in [2.45, 2.75) is 0 Å². The quantitative estimate of drug-likeness (QED) is 0.171. The minimum atomic E-state index is 0.545. The van der Waals surface area contributed by atoms with E-state index in [1.807, 2.05) is 24.3 Å². The van der Waals surface area contributed by atoms with E-state index in [0.717, 1.165) is 48.5 Å². The fourth-order valence-electron chi connectivity index (χ4n) is 7.30. The first kappa shape index (κ1) is 28.7. The van der Waals surface area contributed by atoms with Gasteiger partial charge in [-0.3, -0.25) is 14.5 Å². The second-order valence-corrected chi connectivity index (χ2v) is 13.2. The Kier molecular flexibility index (Phi) is 6.54. The number of nitrogens with zero attached hydrogens (tertiary/aromatic N) is 6. The van der Waals surface area contributed by atoms with Crippen LogP contribution in [0.3, 0.4) is 0 Å². The molecule has 50 heavy (non-hydrogen) atoms. The molecule has 0 fully saturated rings. The van der Waals surface area contributed by atoms with Crippen LogP contribution in [-0.4, -0.2) is 29.5 Å². The fourth-order valence-corrected chi connectivity index (χ4v) is 7.66. The minimum absolute atomic E-state index is 0.545. The first-order valence-electron chi connectivity index (χ1n) is 16.3. The molecular formula is C43H25BrN6. The normalized spacial score (nSPS) is 11.7. The van der Waals surface area contributed by atoms with Gasteiger partial charge in [0.05, 0.1) is 11.0 Å². The van der Waals surface area contributed by atoms with Crippen molar-refractivity contribution >= 4 is 70.1 Å². The zero-order chi connectivity index (χ0) is 33.2. The maximum atomic E-state index is 5.08. The number of hydrogen-bond acceptors (Lipinski definition) is 5. The van der Waals surface area contributed by atoms with E-state index in [9.17, 15) is 0 Å². The highest BCUT2D eigenvalue weighted by atomic mass is 79.9. The van der Waals surface area contributed by atoms with Gasteiger partial charge in [-0.15, -0.1) is 0 Å². The summed E-state index contributed by atoms with van der Waals surface area (Å²) >= 11 is 3.70. The number of aromatic nitrogens is 6. The molecular weight excluding hydrogens is 680 g/mol. The molecule has 0 radical (unpaired) electrons. The number of rotatable bonds is 4.